The Morgan fingerprint density at radius 1 is 1.23 bits per heavy atom. The van der Waals surface area contributed by atoms with Crippen LogP contribution in [-0.4, -0.2) is 35.7 Å². The first-order valence-corrected chi connectivity index (χ1v) is 7.21. The predicted molar refractivity (Wildman–Crippen MR) is 83.0 cm³/mol. The van der Waals surface area contributed by atoms with Crippen LogP contribution in [0.25, 0.3) is 0 Å². The van der Waals surface area contributed by atoms with Gasteiger partial charge in [-0.3, -0.25) is 14.4 Å². The van der Waals surface area contributed by atoms with Crippen molar-refractivity contribution in [1.29, 1.82) is 0 Å². The minimum absolute atomic E-state index is 0.233. The van der Waals surface area contributed by atoms with Crippen LogP contribution in [0.5, 0.6) is 0 Å². The summed E-state index contributed by atoms with van der Waals surface area (Å²) in [4.78, 5) is 36.5. The van der Waals surface area contributed by atoms with Crippen molar-refractivity contribution in [2.75, 3.05) is 24.1 Å². The van der Waals surface area contributed by atoms with E-state index in [4.69, 9.17) is 23.1 Å². The number of anilines is 2. The van der Waals surface area contributed by atoms with Crippen LogP contribution in [0, 0.1) is 5.92 Å². The minimum Gasteiger partial charge on any atom is -0.398 e. The number of amides is 3. The van der Waals surface area contributed by atoms with Crippen molar-refractivity contribution in [3.8, 4) is 0 Å². The number of nitrogens with zero attached hydrogens (tertiary/aromatic N) is 1. The Hall–Kier alpha value is -2.28. The molecule has 118 valence electrons. The summed E-state index contributed by atoms with van der Waals surface area (Å²) >= 11 is 5.86. The van der Waals surface area contributed by atoms with Crippen LogP contribution in [0.15, 0.2) is 18.2 Å². The van der Waals surface area contributed by atoms with E-state index < -0.39 is 11.8 Å². The SMILES string of the molecule is NC(=O)C1CCN(C(=O)C(=O)Nc2ccc(N)c(Cl)c2)CC1. The summed E-state index contributed by atoms with van der Waals surface area (Å²) in [5, 5.41) is 2.78. The molecule has 0 radical (unpaired) electrons. The molecule has 1 aromatic carbocycles. The topological polar surface area (TPSA) is 119 Å². The summed E-state index contributed by atoms with van der Waals surface area (Å²) in [6, 6.07) is 4.58. The average molecular weight is 325 g/mol. The maximum atomic E-state index is 12.1. The monoisotopic (exact) mass is 324 g/mol. The van der Waals surface area contributed by atoms with E-state index in [2.05, 4.69) is 5.32 Å². The summed E-state index contributed by atoms with van der Waals surface area (Å²) in [5.41, 5.74) is 11.6. The van der Waals surface area contributed by atoms with E-state index in [0.29, 0.717) is 42.3 Å². The molecule has 0 unspecified atom stereocenters. The molecule has 0 aromatic heterocycles. The second kappa shape index (κ2) is 6.65. The van der Waals surface area contributed by atoms with Gasteiger partial charge in [-0.05, 0) is 31.0 Å². The lowest BCUT2D eigenvalue weighted by Gasteiger charge is -2.29. The maximum absolute atomic E-state index is 12.1. The fourth-order valence-electron chi connectivity index (χ4n) is 2.30. The summed E-state index contributed by atoms with van der Waals surface area (Å²) in [5.74, 6) is -2.00. The zero-order valence-corrected chi connectivity index (χ0v) is 12.6. The van der Waals surface area contributed by atoms with E-state index in [9.17, 15) is 14.4 Å². The fourth-order valence-corrected chi connectivity index (χ4v) is 2.48. The Morgan fingerprint density at radius 2 is 1.86 bits per heavy atom. The molecule has 0 spiro atoms. The first kappa shape index (κ1) is 16.1. The molecule has 7 nitrogen and oxygen atoms in total. The summed E-state index contributed by atoms with van der Waals surface area (Å²) < 4.78 is 0. The highest BCUT2D eigenvalue weighted by atomic mass is 35.5. The van der Waals surface area contributed by atoms with E-state index in [0.717, 1.165) is 0 Å². The van der Waals surface area contributed by atoms with Gasteiger partial charge >= 0.3 is 11.8 Å². The zero-order valence-electron chi connectivity index (χ0n) is 11.8. The third kappa shape index (κ3) is 3.67. The van der Waals surface area contributed by atoms with Gasteiger partial charge in [-0.2, -0.15) is 0 Å². The normalized spacial score (nSPS) is 15.4. The number of nitrogens with one attached hydrogen (secondary N) is 1. The van der Waals surface area contributed by atoms with E-state index in [1.54, 1.807) is 12.1 Å². The molecule has 22 heavy (non-hydrogen) atoms. The molecule has 8 heteroatoms. The van der Waals surface area contributed by atoms with E-state index >= 15 is 0 Å². The van der Waals surface area contributed by atoms with Crippen molar-refractivity contribution in [2.45, 2.75) is 12.8 Å². The van der Waals surface area contributed by atoms with Crippen LogP contribution in [-0.2, 0) is 14.4 Å². The molecule has 2 rings (SSSR count). The molecule has 3 amide bonds. The standard InChI is InChI=1S/C14H17ClN4O3/c15-10-7-9(1-2-11(10)16)18-13(21)14(22)19-5-3-8(4-6-19)12(17)20/h1-2,7-8H,3-6,16H2,(H2,17,20)(H,18,21). The van der Waals surface area contributed by atoms with Crippen molar-refractivity contribution in [2.24, 2.45) is 11.7 Å². The first-order chi connectivity index (χ1) is 10.4. The smallest absolute Gasteiger partial charge is 0.313 e. The van der Waals surface area contributed by atoms with Gasteiger partial charge in [0.2, 0.25) is 5.91 Å². The Labute approximate surface area is 132 Å². The predicted octanol–water partition coefficient (Wildman–Crippen LogP) is 0.585. The lowest BCUT2D eigenvalue weighted by Crippen LogP contribution is -2.46. The summed E-state index contributed by atoms with van der Waals surface area (Å²) in [6.45, 7) is 0.671. The van der Waals surface area contributed by atoms with Gasteiger partial charge in [0, 0.05) is 24.7 Å². The molecule has 1 heterocycles. The zero-order chi connectivity index (χ0) is 16.3. The first-order valence-electron chi connectivity index (χ1n) is 6.83. The number of hydrogen-bond acceptors (Lipinski definition) is 4. The van der Waals surface area contributed by atoms with Crippen molar-refractivity contribution < 1.29 is 14.4 Å². The molecule has 1 fully saturated rings. The quantitative estimate of drug-likeness (QED) is 0.544. The number of piperidine rings is 1. The van der Waals surface area contributed by atoms with Gasteiger partial charge in [-0.1, -0.05) is 11.6 Å². The number of likely N-dealkylation sites (tertiary alicyclic amines) is 1. The number of carbonyl (C=O) groups is 3. The molecule has 1 saturated heterocycles. The third-order valence-electron chi connectivity index (χ3n) is 3.64. The van der Waals surface area contributed by atoms with Gasteiger partial charge in [0.05, 0.1) is 10.7 Å². The van der Waals surface area contributed by atoms with Crippen molar-refractivity contribution in [1.82, 2.24) is 4.90 Å². The van der Waals surface area contributed by atoms with Crippen LogP contribution in [0.1, 0.15) is 12.8 Å². The molecule has 0 bridgehead atoms. The molecule has 0 atom stereocenters. The fraction of sp³-hybridized carbons (Fsp3) is 0.357. The van der Waals surface area contributed by atoms with Gasteiger partial charge in [-0.25, -0.2) is 0 Å². The molecule has 1 aliphatic rings. The highest BCUT2D eigenvalue weighted by Crippen LogP contribution is 2.23. The Kier molecular flexibility index (Phi) is 4.87. The summed E-state index contributed by atoms with van der Waals surface area (Å²) in [6.07, 6.45) is 0.949. The van der Waals surface area contributed by atoms with E-state index in [-0.39, 0.29) is 11.8 Å². The number of nitrogens with two attached hydrogens (primary N) is 2. The molecular formula is C14H17ClN4O3. The lowest BCUT2D eigenvalue weighted by molar-refractivity contribution is -0.144. The number of halogens is 1. The van der Waals surface area contributed by atoms with Crippen LogP contribution >= 0.6 is 11.6 Å². The van der Waals surface area contributed by atoms with Gasteiger partial charge in [0.15, 0.2) is 0 Å². The number of benzene rings is 1. The Morgan fingerprint density at radius 3 is 2.41 bits per heavy atom. The van der Waals surface area contributed by atoms with Crippen molar-refractivity contribution >= 4 is 40.7 Å². The average Bonchev–Trinajstić information content (AvgIpc) is 2.50. The van der Waals surface area contributed by atoms with E-state index in [1.165, 1.54) is 11.0 Å². The molecule has 1 aromatic rings. The van der Waals surface area contributed by atoms with Crippen LogP contribution in [0.3, 0.4) is 0 Å². The second-order valence-electron chi connectivity index (χ2n) is 5.16. The Balaban J connectivity index is 1.94. The molecule has 0 aliphatic carbocycles. The molecule has 0 saturated carbocycles. The van der Waals surface area contributed by atoms with Gasteiger partial charge in [0.1, 0.15) is 0 Å². The molecular weight excluding hydrogens is 308 g/mol. The van der Waals surface area contributed by atoms with Crippen molar-refractivity contribution in [3.63, 3.8) is 0 Å². The van der Waals surface area contributed by atoms with Gasteiger partial charge in [-0.15, -0.1) is 0 Å². The van der Waals surface area contributed by atoms with E-state index in [1.807, 2.05) is 0 Å². The van der Waals surface area contributed by atoms with Crippen LogP contribution < -0.4 is 16.8 Å². The van der Waals surface area contributed by atoms with Gasteiger partial charge in [0.25, 0.3) is 0 Å². The maximum Gasteiger partial charge on any atom is 0.313 e. The minimum atomic E-state index is -0.752. The highest BCUT2D eigenvalue weighted by Gasteiger charge is 2.29. The second-order valence-corrected chi connectivity index (χ2v) is 5.57. The van der Waals surface area contributed by atoms with Gasteiger partial charge < -0.3 is 21.7 Å². The number of nitrogen functional groups attached to an aromatic ring is 1. The molecule has 1 aliphatic heterocycles. The number of primary amides is 1. The number of rotatable bonds is 2. The highest BCUT2D eigenvalue weighted by molar-refractivity contribution is 6.40. The number of carbonyl (C=O) groups excluding carboxylic acids is 3. The summed E-state index contributed by atoms with van der Waals surface area (Å²) in [7, 11) is 0. The van der Waals surface area contributed by atoms with Crippen LogP contribution in [0.2, 0.25) is 5.02 Å². The Bertz CT molecular complexity index is 612. The lowest BCUT2D eigenvalue weighted by atomic mass is 9.96. The third-order valence-corrected chi connectivity index (χ3v) is 3.96. The van der Waals surface area contributed by atoms with Crippen LogP contribution in [0.4, 0.5) is 11.4 Å². The molecule has 5 N–H and O–H groups in total. The van der Waals surface area contributed by atoms with Crippen molar-refractivity contribution in [3.05, 3.63) is 23.2 Å². The largest absolute Gasteiger partial charge is 0.398 e. The number of hydrogen-bond donors (Lipinski definition) is 3.